The van der Waals surface area contributed by atoms with Gasteiger partial charge in [0.15, 0.2) is 0 Å². The molecular formula is C14H20Cl2N4O. The first-order chi connectivity index (χ1) is 9.31. The van der Waals surface area contributed by atoms with E-state index >= 15 is 0 Å². The normalized spacial score (nSPS) is 15.1. The van der Waals surface area contributed by atoms with Crippen molar-refractivity contribution in [2.24, 2.45) is 5.92 Å². The van der Waals surface area contributed by atoms with E-state index in [1.54, 1.807) is 0 Å². The summed E-state index contributed by atoms with van der Waals surface area (Å²) < 4.78 is 5.34. The molecule has 1 aliphatic rings. The summed E-state index contributed by atoms with van der Waals surface area (Å²) in [5, 5.41) is 7.39. The van der Waals surface area contributed by atoms with E-state index in [1.807, 2.05) is 25.1 Å². The van der Waals surface area contributed by atoms with Crippen LogP contribution in [0.4, 0.5) is 0 Å². The fourth-order valence-corrected chi connectivity index (χ4v) is 2.44. The molecule has 3 rings (SSSR count). The Kier molecular flexibility index (Phi) is 7.08. The van der Waals surface area contributed by atoms with Gasteiger partial charge >= 0.3 is 0 Å². The monoisotopic (exact) mass is 330 g/mol. The average molecular weight is 331 g/mol. The predicted molar refractivity (Wildman–Crippen MR) is 86.1 cm³/mol. The van der Waals surface area contributed by atoms with Gasteiger partial charge in [-0.25, -0.2) is 4.98 Å². The zero-order valence-electron chi connectivity index (χ0n) is 11.9. The van der Waals surface area contributed by atoms with Gasteiger partial charge in [-0.3, -0.25) is 0 Å². The van der Waals surface area contributed by atoms with E-state index in [2.05, 4.69) is 20.4 Å². The van der Waals surface area contributed by atoms with Crippen molar-refractivity contribution < 1.29 is 4.52 Å². The van der Waals surface area contributed by atoms with Crippen LogP contribution in [0, 0.1) is 12.8 Å². The minimum absolute atomic E-state index is 0. The van der Waals surface area contributed by atoms with Crippen LogP contribution in [-0.2, 0) is 6.42 Å². The summed E-state index contributed by atoms with van der Waals surface area (Å²) in [5.74, 6) is 1.97. The molecule has 0 unspecified atom stereocenters. The highest BCUT2D eigenvalue weighted by molar-refractivity contribution is 5.85. The highest BCUT2D eigenvalue weighted by Crippen LogP contribution is 2.19. The Morgan fingerprint density at radius 3 is 2.67 bits per heavy atom. The zero-order valence-corrected chi connectivity index (χ0v) is 13.5. The van der Waals surface area contributed by atoms with Gasteiger partial charge in [0.2, 0.25) is 11.7 Å². The van der Waals surface area contributed by atoms with Crippen molar-refractivity contribution in [1.82, 2.24) is 20.4 Å². The van der Waals surface area contributed by atoms with E-state index in [-0.39, 0.29) is 24.8 Å². The molecule has 5 nitrogen and oxygen atoms in total. The lowest BCUT2D eigenvalue weighted by Gasteiger charge is -2.20. The van der Waals surface area contributed by atoms with E-state index in [4.69, 9.17) is 4.52 Å². The topological polar surface area (TPSA) is 63.8 Å². The number of halogens is 2. The Bertz CT molecular complexity index is 555. The largest absolute Gasteiger partial charge is 0.339 e. The van der Waals surface area contributed by atoms with Crippen LogP contribution < -0.4 is 5.32 Å². The predicted octanol–water partition coefficient (Wildman–Crippen LogP) is 2.83. The molecule has 2 aromatic rings. The molecule has 1 saturated heterocycles. The van der Waals surface area contributed by atoms with Gasteiger partial charge in [0, 0.05) is 12.1 Å². The SMILES string of the molecule is Cc1cccc(-c2noc(CC3CCNCC3)n2)n1.Cl.Cl. The van der Waals surface area contributed by atoms with Crippen molar-refractivity contribution in [2.75, 3.05) is 13.1 Å². The Morgan fingerprint density at radius 1 is 1.19 bits per heavy atom. The van der Waals surface area contributed by atoms with Crippen molar-refractivity contribution in [2.45, 2.75) is 26.2 Å². The smallest absolute Gasteiger partial charge is 0.227 e. The van der Waals surface area contributed by atoms with Gasteiger partial charge in [0.25, 0.3) is 0 Å². The fraction of sp³-hybridized carbons (Fsp3) is 0.500. The maximum absolute atomic E-state index is 5.34. The van der Waals surface area contributed by atoms with Gasteiger partial charge < -0.3 is 9.84 Å². The van der Waals surface area contributed by atoms with Gasteiger partial charge in [-0.15, -0.1) is 24.8 Å². The summed E-state index contributed by atoms with van der Waals surface area (Å²) in [4.78, 5) is 8.86. The average Bonchev–Trinajstić information content (AvgIpc) is 2.88. The summed E-state index contributed by atoms with van der Waals surface area (Å²) in [5.41, 5.74) is 1.74. The van der Waals surface area contributed by atoms with Crippen molar-refractivity contribution in [1.29, 1.82) is 0 Å². The summed E-state index contributed by atoms with van der Waals surface area (Å²) in [7, 11) is 0. The molecule has 1 fully saturated rings. The molecule has 0 radical (unpaired) electrons. The lowest BCUT2D eigenvalue weighted by atomic mass is 9.95. The first kappa shape index (κ1) is 17.9. The maximum atomic E-state index is 5.34. The molecule has 0 saturated carbocycles. The molecule has 0 atom stereocenters. The lowest BCUT2D eigenvalue weighted by Crippen LogP contribution is -2.28. The van der Waals surface area contributed by atoms with Crippen LogP contribution >= 0.6 is 24.8 Å². The number of rotatable bonds is 3. The Balaban J connectivity index is 0.00000110. The van der Waals surface area contributed by atoms with E-state index in [0.29, 0.717) is 11.7 Å². The number of pyridine rings is 1. The second-order valence-electron chi connectivity index (χ2n) is 5.07. The summed E-state index contributed by atoms with van der Waals surface area (Å²) >= 11 is 0. The molecule has 1 N–H and O–H groups in total. The zero-order chi connectivity index (χ0) is 13.1. The van der Waals surface area contributed by atoms with Crippen molar-refractivity contribution >= 4 is 24.8 Å². The van der Waals surface area contributed by atoms with Crippen LogP contribution in [0.3, 0.4) is 0 Å². The van der Waals surface area contributed by atoms with Gasteiger partial charge in [0.1, 0.15) is 5.69 Å². The minimum atomic E-state index is 0. The second-order valence-corrected chi connectivity index (χ2v) is 5.07. The third-order valence-electron chi connectivity index (χ3n) is 3.51. The highest BCUT2D eigenvalue weighted by Gasteiger charge is 2.18. The van der Waals surface area contributed by atoms with Crippen LogP contribution in [0.1, 0.15) is 24.4 Å². The van der Waals surface area contributed by atoms with Gasteiger partial charge in [0.05, 0.1) is 0 Å². The minimum Gasteiger partial charge on any atom is -0.339 e. The maximum Gasteiger partial charge on any atom is 0.227 e. The third kappa shape index (κ3) is 4.66. The van der Waals surface area contributed by atoms with Crippen molar-refractivity contribution in [3.63, 3.8) is 0 Å². The first-order valence-electron chi connectivity index (χ1n) is 6.78. The molecule has 0 bridgehead atoms. The standard InChI is InChI=1S/C14H18N4O.2ClH/c1-10-3-2-4-12(16-10)14-17-13(19-18-14)9-11-5-7-15-8-6-11;;/h2-4,11,15H,5-9H2,1H3;2*1H. The van der Waals surface area contributed by atoms with Crippen molar-refractivity contribution in [3.8, 4) is 11.5 Å². The second kappa shape index (κ2) is 8.32. The van der Waals surface area contributed by atoms with Gasteiger partial charge in [-0.1, -0.05) is 11.2 Å². The molecule has 0 spiro atoms. The van der Waals surface area contributed by atoms with Crippen LogP contribution in [0.15, 0.2) is 22.7 Å². The van der Waals surface area contributed by atoms with Crippen LogP contribution in [-0.4, -0.2) is 28.2 Å². The molecule has 0 aliphatic carbocycles. The van der Waals surface area contributed by atoms with Crippen LogP contribution in [0.2, 0.25) is 0 Å². The molecule has 116 valence electrons. The van der Waals surface area contributed by atoms with Crippen molar-refractivity contribution in [3.05, 3.63) is 29.8 Å². The number of hydrogen-bond acceptors (Lipinski definition) is 5. The van der Waals surface area contributed by atoms with E-state index in [0.717, 1.165) is 36.8 Å². The summed E-state index contributed by atoms with van der Waals surface area (Å²) in [6.07, 6.45) is 3.24. The summed E-state index contributed by atoms with van der Waals surface area (Å²) in [6, 6.07) is 5.83. The number of aromatic nitrogens is 3. The molecule has 1 aliphatic heterocycles. The van der Waals surface area contributed by atoms with Gasteiger partial charge in [-0.2, -0.15) is 4.98 Å². The number of nitrogens with one attached hydrogen (secondary N) is 1. The summed E-state index contributed by atoms with van der Waals surface area (Å²) in [6.45, 7) is 4.13. The molecule has 0 aromatic carbocycles. The number of hydrogen-bond donors (Lipinski definition) is 1. The molecular weight excluding hydrogens is 311 g/mol. The Hall–Kier alpha value is -1.17. The molecule has 7 heteroatoms. The van der Waals surface area contributed by atoms with Crippen LogP contribution in [0.25, 0.3) is 11.5 Å². The Labute approximate surface area is 136 Å². The molecule has 21 heavy (non-hydrogen) atoms. The van der Waals surface area contributed by atoms with E-state index in [9.17, 15) is 0 Å². The quantitative estimate of drug-likeness (QED) is 0.937. The van der Waals surface area contributed by atoms with Gasteiger partial charge in [-0.05, 0) is 50.9 Å². The lowest BCUT2D eigenvalue weighted by molar-refractivity contribution is 0.313. The molecule has 2 aromatic heterocycles. The van der Waals surface area contributed by atoms with E-state index in [1.165, 1.54) is 12.8 Å². The number of nitrogens with zero attached hydrogens (tertiary/aromatic N) is 3. The first-order valence-corrected chi connectivity index (χ1v) is 6.78. The van der Waals surface area contributed by atoms with E-state index < -0.39 is 0 Å². The third-order valence-corrected chi connectivity index (χ3v) is 3.51. The van der Waals surface area contributed by atoms with Crippen LogP contribution in [0.5, 0.6) is 0 Å². The highest BCUT2D eigenvalue weighted by atomic mass is 35.5. The Morgan fingerprint density at radius 2 is 1.95 bits per heavy atom. The number of aryl methyl sites for hydroxylation is 1. The molecule has 0 amide bonds. The molecule has 3 heterocycles. The fourth-order valence-electron chi connectivity index (χ4n) is 2.44. The number of piperidine rings is 1.